The van der Waals surface area contributed by atoms with Crippen molar-refractivity contribution >= 4 is 17.5 Å². The average molecular weight is 296 g/mol. The van der Waals surface area contributed by atoms with Crippen LogP contribution >= 0.6 is 11.6 Å². The van der Waals surface area contributed by atoms with Gasteiger partial charge in [0, 0.05) is 31.9 Å². The van der Waals surface area contributed by atoms with Crippen LogP contribution in [0.1, 0.15) is 42.6 Å². The fourth-order valence-electron chi connectivity index (χ4n) is 2.99. The molecule has 1 atom stereocenters. The third-order valence-corrected chi connectivity index (χ3v) is 4.48. The van der Waals surface area contributed by atoms with E-state index in [1.807, 2.05) is 11.6 Å². The van der Waals surface area contributed by atoms with Crippen LogP contribution in [-0.2, 0) is 7.05 Å². The van der Waals surface area contributed by atoms with Gasteiger partial charge in [0.2, 0.25) is 0 Å². The van der Waals surface area contributed by atoms with Gasteiger partial charge in [0.15, 0.2) is 0 Å². The summed E-state index contributed by atoms with van der Waals surface area (Å²) < 4.78 is 1.83. The van der Waals surface area contributed by atoms with Crippen LogP contribution in [-0.4, -0.2) is 40.5 Å². The first-order chi connectivity index (χ1) is 9.65. The molecule has 1 amide bonds. The van der Waals surface area contributed by atoms with E-state index in [-0.39, 0.29) is 5.91 Å². The van der Waals surface area contributed by atoms with E-state index in [0.717, 1.165) is 25.9 Å². The molecule has 2 heterocycles. The van der Waals surface area contributed by atoms with E-state index in [4.69, 9.17) is 11.6 Å². The lowest BCUT2D eigenvalue weighted by Crippen LogP contribution is -2.47. The summed E-state index contributed by atoms with van der Waals surface area (Å²) in [5.41, 5.74) is 0.692. The van der Waals surface area contributed by atoms with Crippen molar-refractivity contribution in [1.82, 2.24) is 14.8 Å². The fraction of sp³-hybridized carbons (Fsp3) is 0.667. The van der Waals surface area contributed by atoms with Crippen LogP contribution in [0.15, 0.2) is 12.3 Å². The molecule has 4 nitrogen and oxygen atoms in total. The Hall–Kier alpha value is -1.00. The molecular formula is C15H22ClN3O. The van der Waals surface area contributed by atoms with Crippen LogP contribution < -0.4 is 5.32 Å². The van der Waals surface area contributed by atoms with E-state index in [1.165, 1.54) is 19.3 Å². The maximum Gasteiger partial charge on any atom is 0.270 e. The molecule has 2 aliphatic rings. The molecule has 3 rings (SSSR count). The van der Waals surface area contributed by atoms with Crippen molar-refractivity contribution < 1.29 is 4.79 Å². The predicted molar refractivity (Wildman–Crippen MR) is 80.1 cm³/mol. The smallest absolute Gasteiger partial charge is 0.270 e. The molecule has 20 heavy (non-hydrogen) atoms. The molecule has 1 saturated heterocycles. The molecule has 0 spiro atoms. The maximum atomic E-state index is 12.8. The highest BCUT2D eigenvalue weighted by Gasteiger charge is 2.35. The Morgan fingerprint density at radius 3 is 2.80 bits per heavy atom. The Balaban J connectivity index is 1.72. The highest BCUT2D eigenvalue weighted by molar-refractivity contribution is 6.31. The van der Waals surface area contributed by atoms with Crippen molar-refractivity contribution in [2.75, 3.05) is 13.1 Å². The number of rotatable bonds is 4. The van der Waals surface area contributed by atoms with Gasteiger partial charge in [-0.3, -0.25) is 4.79 Å². The second-order valence-corrected chi connectivity index (χ2v) is 6.43. The van der Waals surface area contributed by atoms with Crippen LogP contribution in [0.5, 0.6) is 0 Å². The quantitative estimate of drug-likeness (QED) is 0.926. The van der Waals surface area contributed by atoms with Crippen molar-refractivity contribution in [3.05, 3.63) is 23.0 Å². The maximum absolute atomic E-state index is 12.8. The van der Waals surface area contributed by atoms with Gasteiger partial charge in [-0.2, -0.15) is 0 Å². The SMILES string of the molecule is Cn1cc(Cl)cc1C(=O)N(CC1CCCCN1)C1CC1. The zero-order chi connectivity index (χ0) is 14.1. The highest BCUT2D eigenvalue weighted by Crippen LogP contribution is 2.29. The number of hydrogen-bond donors (Lipinski definition) is 1. The second-order valence-electron chi connectivity index (χ2n) is 5.99. The topological polar surface area (TPSA) is 37.3 Å². The Bertz CT molecular complexity index is 489. The molecule has 0 bridgehead atoms. The van der Waals surface area contributed by atoms with Crippen molar-refractivity contribution in [1.29, 1.82) is 0 Å². The summed E-state index contributed by atoms with van der Waals surface area (Å²) in [7, 11) is 1.88. The molecule has 1 N–H and O–H groups in total. The van der Waals surface area contributed by atoms with Gasteiger partial charge in [-0.05, 0) is 38.3 Å². The van der Waals surface area contributed by atoms with E-state index >= 15 is 0 Å². The van der Waals surface area contributed by atoms with Gasteiger partial charge in [0.25, 0.3) is 5.91 Å². The number of hydrogen-bond acceptors (Lipinski definition) is 2. The third-order valence-electron chi connectivity index (χ3n) is 4.27. The molecule has 1 saturated carbocycles. The van der Waals surface area contributed by atoms with Gasteiger partial charge in [-0.15, -0.1) is 0 Å². The van der Waals surface area contributed by atoms with Gasteiger partial charge >= 0.3 is 0 Å². The summed E-state index contributed by atoms with van der Waals surface area (Å²) >= 11 is 6.00. The van der Waals surface area contributed by atoms with Crippen molar-refractivity contribution in [2.24, 2.45) is 7.05 Å². The Morgan fingerprint density at radius 1 is 1.45 bits per heavy atom. The van der Waals surface area contributed by atoms with Crippen LogP contribution in [0.2, 0.25) is 5.02 Å². The molecule has 1 aromatic heterocycles. The van der Waals surface area contributed by atoms with E-state index < -0.39 is 0 Å². The first-order valence-electron chi connectivity index (χ1n) is 7.51. The van der Waals surface area contributed by atoms with E-state index in [1.54, 1.807) is 12.3 Å². The van der Waals surface area contributed by atoms with Gasteiger partial charge in [0.05, 0.1) is 5.02 Å². The van der Waals surface area contributed by atoms with Crippen LogP contribution in [0.25, 0.3) is 0 Å². The first kappa shape index (κ1) is 14.0. The number of carbonyl (C=O) groups is 1. The largest absolute Gasteiger partial charge is 0.345 e. The number of aromatic nitrogens is 1. The molecule has 5 heteroatoms. The Morgan fingerprint density at radius 2 is 2.25 bits per heavy atom. The molecule has 110 valence electrons. The lowest BCUT2D eigenvalue weighted by atomic mass is 10.0. The van der Waals surface area contributed by atoms with Gasteiger partial charge in [-0.1, -0.05) is 18.0 Å². The molecule has 0 radical (unpaired) electrons. The van der Waals surface area contributed by atoms with Crippen molar-refractivity contribution in [3.63, 3.8) is 0 Å². The summed E-state index contributed by atoms with van der Waals surface area (Å²) in [6.45, 7) is 1.90. The number of piperidine rings is 1. The van der Waals surface area contributed by atoms with Crippen LogP contribution in [0.3, 0.4) is 0 Å². The second kappa shape index (κ2) is 5.78. The number of halogens is 1. The molecule has 0 aromatic carbocycles. The van der Waals surface area contributed by atoms with Gasteiger partial charge in [-0.25, -0.2) is 0 Å². The summed E-state index contributed by atoms with van der Waals surface area (Å²) in [4.78, 5) is 14.8. The predicted octanol–water partition coefficient (Wildman–Crippen LogP) is 2.43. The number of carbonyl (C=O) groups excluding carboxylic acids is 1. The van der Waals surface area contributed by atoms with E-state index in [0.29, 0.717) is 22.8 Å². The minimum atomic E-state index is 0.120. The average Bonchev–Trinajstić information content (AvgIpc) is 3.22. The summed E-state index contributed by atoms with van der Waals surface area (Å²) in [6.07, 6.45) is 7.75. The van der Waals surface area contributed by atoms with Crippen molar-refractivity contribution in [2.45, 2.75) is 44.2 Å². The molecule has 1 aliphatic heterocycles. The normalized spacial score (nSPS) is 22.8. The fourth-order valence-corrected chi connectivity index (χ4v) is 3.23. The zero-order valence-corrected chi connectivity index (χ0v) is 12.7. The van der Waals surface area contributed by atoms with Crippen LogP contribution in [0, 0.1) is 0 Å². The number of amides is 1. The summed E-state index contributed by atoms with van der Waals surface area (Å²) in [5.74, 6) is 0.120. The standard InChI is InChI=1S/C15H22ClN3O/c1-18-9-11(16)8-14(18)15(20)19(13-5-6-13)10-12-4-2-3-7-17-12/h8-9,12-13,17H,2-7,10H2,1H3. The van der Waals surface area contributed by atoms with Gasteiger partial charge < -0.3 is 14.8 Å². The number of aryl methyl sites for hydroxylation is 1. The number of nitrogens with one attached hydrogen (secondary N) is 1. The van der Waals surface area contributed by atoms with Crippen LogP contribution in [0.4, 0.5) is 0 Å². The third kappa shape index (κ3) is 3.01. The molecule has 1 aliphatic carbocycles. The molecule has 1 aromatic rings. The summed E-state index contributed by atoms with van der Waals surface area (Å²) in [5, 5.41) is 4.16. The van der Waals surface area contributed by atoms with Crippen molar-refractivity contribution in [3.8, 4) is 0 Å². The molecular weight excluding hydrogens is 274 g/mol. The zero-order valence-electron chi connectivity index (χ0n) is 11.9. The van der Waals surface area contributed by atoms with Gasteiger partial charge in [0.1, 0.15) is 5.69 Å². The Labute approximate surface area is 125 Å². The first-order valence-corrected chi connectivity index (χ1v) is 7.89. The molecule has 1 unspecified atom stereocenters. The Kier molecular flexibility index (Phi) is 4.03. The monoisotopic (exact) mass is 295 g/mol. The lowest BCUT2D eigenvalue weighted by molar-refractivity contribution is 0.0708. The lowest BCUT2D eigenvalue weighted by Gasteiger charge is -2.30. The highest BCUT2D eigenvalue weighted by atomic mass is 35.5. The minimum absolute atomic E-state index is 0.120. The molecule has 2 fully saturated rings. The van der Waals surface area contributed by atoms with E-state index in [2.05, 4.69) is 10.2 Å². The summed E-state index contributed by atoms with van der Waals surface area (Å²) in [6, 6.07) is 2.65. The van der Waals surface area contributed by atoms with E-state index in [9.17, 15) is 4.79 Å². The minimum Gasteiger partial charge on any atom is -0.345 e. The number of nitrogens with zero attached hydrogens (tertiary/aromatic N) is 2.